The zero-order valence-electron chi connectivity index (χ0n) is 9.40. The molecule has 18 heavy (non-hydrogen) atoms. The van der Waals surface area contributed by atoms with Crippen LogP contribution in [0.2, 0.25) is 5.02 Å². The summed E-state index contributed by atoms with van der Waals surface area (Å²) in [5.41, 5.74) is 2.49. The Morgan fingerprint density at radius 1 is 1.06 bits per heavy atom. The molecule has 88 valence electrons. The lowest BCUT2D eigenvalue weighted by Crippen LogP contribution is -1.81. The van der Waals surface area contributed by atoms with Crippen LogP contribution >= 0.6 is 27.5 Å². The predicted molar refractivity (Wildman–Crippen MR) is 79.1 cm³/mol. The smallest absolute Gasteiger partial charge is 0.0998 e. The quantitative estimate of drug-likeness (QED) is 0.554. The summed E-state index contributed by atoms with van der Waals surface area (Å²) in [4.78, 5) is 0. The average Bonchev–Trinajstić information content (AvgIpc) is 2.39. The van der Waals surface area contributed by atoms with E-state index in [1.54, 1.807) is 0 Å². The second kappa shape index (κ2) is 5.86. The van der Waals surface area contributed by atoms with E-state index in [2.05, 4.69) is 22.0 Å². The predicted octanol–water partition coefficient (Wildman–Crippen LogP) is 5.17. The standard InChI is InChI=1S/C15H9BrClN/c16-14-5-3-12(4-6-14)13(10-18)9-11-1-7-15(17)8-2-11/h1-9H. The second-order valence-electron chi connectivity index (χ2n) is 3.73. The van der Waals surface area contributed by atoms with E-state index >= 15 is 0 Å². The Morgan fingerprint density at radius 3 is 2.22 bits per heavy atom. The number of nitrogens with zero attached hydrogens (tertiary/aromatic N) is 1. The van der Waals surface area contributed by atoms with Crippen LogP contribution in [0.4, 0.5) is 0 Å². The molecule has 0 unspecified atom stereocenters. The zero-order valence-corrected chi connectivity index (χ0v) is 11.7. The number of hydrogen-bond acceptors (Lipinski definition) is 1. The second-order valence-corrected chi connectivity index (χ2v) is 5.08. The van der Waals surface area contributed by atoms with E-state index in [-0.39, 0.29) is 0 Å². The molecule has 1 nitrogen and oxygen atoms in total. The van der Waals surface area contributed by atoms with Crippen molar-refractivity contribution in [2.75, 3.05) is 0 Å². The first kappa shape index (κ1) is 12.9. The third-order valence-corrected chi connectivity index (χ3v) is 3.24. The zero-order chi connectivity index (χ0) is 13.0. The van der Waals surface area contributed by atoms with Gasteiger partial charge in [0.2, 0.25) is 0 Å². The van der Waals surface area contributed by atoms with Crippen LogP contribution in [0.5, 0.6) is 0 Å². The minimum Gasteiger partial charge on any atom is -0.192 e. The van der Waals surface area contributed by atoms with Crippen molar-refractivity contribution >= 4 is 39.2 Å². The molecule has 3 heteroatoms. The van der Waals surface area contributed by atoms with Crippen LogP contribution in [0, 0.1) is 11.3 Å². The third-order valence-electron chi connectivity index (χ3n) is 2.46. The largest absolute Gasteiger partial charge is 0.192 e. The van der Waals surface area contributed by atoms with Crippen LogP contribution in [0.15, 0.2) is 53.0 Å². The lowest BCUT2D eigenvalue weighted by molar-refractivity contribution is 1.52. The van der Waals surface area contributed by atoms with Gasteiger partial charge in [0.05, 0.1) is 11.6 Å². The van der Waals surface area contributed by atoms with Crippen molar-refractivity contribution in [3.05, 3.63) is 69.2 Å². The van der Waals surface area contributed by atoms with Crippen LogP contribution in [0.25, 0.3) is 11.6 Å². The summed E-state index contributed by atoms with van der Waals surface area (Å²) in [5.74, 6) is 0. The Balaban J connectivity index is 2.37. The number of rotatable bonds is 2. The van der Waals surface area contributed by atoms with Gasteiger partial charge < -0.3 is 0 Å². The third kappa shape index (κ3) is 3.22. The number of allylic oxidation sites excluding steroid dienone is 1. The normalized spacial score (nSPS) is 11.1. The number of hydrogen-bond donors (Lipinski definition) is 0. The lowest BCUT2D eigenvalue weighted by Gasteiger charge is -2.00. The molecule has 0 spiro atoms. The SMILES string of the molecule is N#CC(=Cc1ccc(Cl)cc1)c1ccc(Br)cc1. The summed E-state index contributed by atoms with van der Waals surface area (Å²) in [6, 6.07) is 17.3. The van der Waals surface area contributed by atoms with E-state index in [9.17, 15) is 5.26 Å². The summed E-state index contributed by atoms with van der Waals surface area (Å²) in [5, 5.41) is 9.90. The number of halogens is 2. The Hall–Kier alpha value is -1.56. The summed E-state index contributed by atoms with van der Waals surface area (Å²) in [6.07, 6.45) is 1.85. The van der Waals surface area contributed by atoms with Gasteiger partial charge in [0.25, 0.3) is 0 Å². The first-order valence-corrected chi connectivity index (χ1v) is 6.49. The van der Waals surface area contributed by atoms with Gasteiger partial charge in [-0.2, -0.15) is 5.26 Å². The van der Waals surface area contributed by atoms with E-state index in [1.165, 1.54) is 0 Å². The molecule has 0 aromatic heterocycles. The maximum Gasteiger partial charge on any atom is 0.0998 e. The number of benzene rings is 2. The summed E-state index contributed by atoms with van der Waals surface area (Å²) >= 11 is 9.20. The maximum atomic E-state index is 9.21. The Labute approximate surface area is 119 Å². The van der Waals surface area contributed by atoms with Gasteiger partial charge in [-0.15, -0.1) is 0 Å². The Kier molecular flexibility index (Phi) is 4.19. The molecule has 0 aliphatic rings. The highest BCUT2D eigenvalue weighted by Crippen LogP contribution is 2.20. The van der Waals surface area contributed by atoms with Gasteiger partial charge in [-0.1, -0.05) is 51.8 Å². The van der Waals surface area contributed by atoms with Crippen molar-refractivity contribution in [1.82, 2.24) is 0 Å². The highest BCUT2D eigenvalue weighted by molar-refractivity contribution is 9.10. The Bertz CT molecular complexity index is 606. The van der Waals surface area contributed by atoms with Gasteiger partial charge in [-0.25, -0.2) is 0 Å². The van der Waals surface area contributed by atoms with E-state index in [0.29, 0.717) is 10.6 Å². The first-order valence-electron chi connectivity index (χ1n) is 5.32. The van der Waals surface area contributed by atoms with Crippen molar-refractivity contribution in [1.29, 1.82) is 5.26 Å². The molecule has 0 radical (unpaired) electrons. The van der Waals surface area contributed by atoms with Crippen molar-refractivity contribution in [2.24, 2.45) is 0 Å². The van der Waals surface area contributed by atoms with E-state index in [4.69, 9.17) is 11.6 Å². The van der Waals surface area contributed by atoms with Gasteiger partial charge >= 0.3 is 0 Å². The monoisotopic (exact) mass is 317 g/mol. The molecule has 0 atom stereocenters. The summed E-state index contributed by atoms with van der Waals surface area (Å²) < 4.78 is 0.995. The average molecular weight is 319 g/mol. The van der Waals surface area contributed by atoms with Crippen LogP contribution in [0.3, 0.4) is 0 Å². The Morgan fingerprint density at radius 2 is 1.67 bits per heavy atom. The molecule has 0 bridgehead atoms. The lowest BCUT2D eigenvalue weighted by atomic mass is 10.0. The van der Waals surface area contributed by atoms with Crippen LogP contribution < -0.4 is 0 Å². The highest BCUT2D eigenvalue weighted by atomic mass is 79.9. The summed E-state index contributed by atoms with van der Waals surface area (Å²) in [6.45, 7) is 0. The fraction of sp³-hybridized carbons (Fsp3) is 0. The van der Waals surface area contributed by atoms with E-state index in [0.717, 1.165) is 15.6 Å². The van der Waals surface area contributed by atoms with Gasteiger partial charge in [0, 0.05) is 9.50 Å². The van der Waals surface area contributed by atoms with Gasteiger partial charge in [-0.3, -0.25) is 0 Å². The minimum atomic E-state index is 0.629. The molecule has 0 saturated carbocycles. The molecular weight excluding hydrogens is 310 g/mol. The van der Waals surface area contributed by atoms with Crippen molar-refractivity contribution < 1.29 is 0 Å². The molecular formula is C15H9BrClN. The van der Waals surface area contributed by atoms with Gasteiger partial charge in [-0.05, 0) is 41.5 Å². The highest BCUT2D eigenvalue weighted by Gasteiger charge is 2.00. The van der Waals surface area contributed by atoms with Crippen molar-refractivity contribution in [3.63, 3.8) is 0 Å². The molecule has 0 aliphatic carbocycles. The molecule has 2 aromatic carbocycles. The molecule has 2 rings (SSSR count). The minimum absolute atomic E-state index is 0.629. The van der Waals surface area contributed by atoms with Crippen LogP contribution in [-0.2, 0) is 0 Å². The van der Waals surface area contributed by atoms with Crippen molar-refractivity contribution in [3.8, 4) is 6.07 Å². The molecule has 0 N–H and O–H groups in total. The van der Waals surface area contributed by atoms with E-state index < -0.39 is 0 Å². The molecule has 0 aliphatic heterocycles. The molecule has 2 aromatic rings. The molecule has 0 fully saturated rings. The van der Waals surface area contributed by atoms with Crippen LogP contribution in [0.1, 0.15) is 11.1 Å². The number of nitriles is 1. The molecule has 0 saturated heterocycles. The van der Waals surface area contributed by atoms with Gasteiger partial charge in [0.15, 0.2) is 0 Å². The fourth-order valence-corrected chi connectivity index (χ4v) is 1.93. The van der Waals surface area contributed by atoms with Crippen molar-refractivity contribution in [2.45, 2.75) is 0 Å². The molecule has 0 amide bonds. The van der Waals surface area contributed by atoms with Crippen LogP contribution in [-0.4, -0.2) is 0 Å². The molecule has 0 heterocycles. The first-order chi connectivity index (χ1) is 8.69. The van der Waals surface area contributed by atoms with Gasteiger partial charge in [0.1, 0.15) is 0 Å². The maximum absolute atomic E-state index is 9.21. The topological polar surface area (TPSA) is 23.8 Å². The van der Waals surface area contributed by atoms with E-state index in [1.807, 2.05) is 54.6 Å². The fourth-order valence-electron chi connectivity index (χ4n) is 1.54. The summed E-state index contributed by atoms with van der Waals surface area (Å²) in [7, 11) is 0.